The fourth-order valence-electron chi connectivity index (χ4n) is 1.28. The number of aliphatic hydroxyl groups is 2. The third kappa shape index (κ3) is 2.64. The summed E-state index contributed by atoms with van der Waals surface area (Å²) in [7, 11) is 0. The summed E-state index contributed by atoms with van der Waals surface area (Å²) in [5.41, 5.74) is 1.34. The van der Waals surface area contributed by atoms with Crippen molar-refractivity contribution in [2.24, 2.45) is 0 Å². The maximum atomic E-state index is 9.63. The van der Waals surface area contributed by atoms with Crippen LogP contribution in [0.3, 0.4) is 0 Å². The topological polar surface area (TPSA) is 60.7 Å². The van der Waals surface area contributed by atoms with Crippen molar-refractivity contribution in [2.45, 2.75) is 19.1 Å². The molecular weight excluding hydrogens is 200 g/mol. The molecule has 2 atom stereocenters. The molecule has 1 aromatic carbocycles. The number of aryl methyl sites for hydroxylation is 1. The Bertz CT molecular complexity index is 294. The van der Waals surface area contributed by atoms with Gasteiger partial charge in [-0.25, -0.2) is 0 Å². The van der Waals surface area contributed by atoms with Crippen molar-refractivity contribution >= 4 is 12.6 Å². The molecule has 0 fully saturated rings. The predicted octanol–water partition coefficient (Wildman–Crippen LogP) is 1.02. The van der Waals surface area contributed by atoms with Crippen LogP contribution < -0.4 is 0 Å². The van der Waals surface area contributed by atoms with Crippen LogP contribution in [0.15, 0.2) is 18.2 Å². The minimum Gasteiger partial charge on any atom is -0.508 e. The lowest BCUT2D eigenvalue weighted by atomic mass is 10.0. The van der Waals surface area contributed by atoms with Crippen molar-refractivity contribution in [2.75, 3.05) is 5.75 Å². The molecule has 4 heteroatoms. The SMILES string of the molecule is Cc1cc(O)cc(C(O)C(O)CS)c1. The highest BCUT2D eigenvalue weighted by Crippen LogP contribution is 2.23. The second-order valence-electron chi connectivity index (χ2n) is 3.30. The first-order valence-corrected chi connectivity index (χ1v) is 4.95. The van der Waals surface area contributed by atoms with E-state index in [1.54, 1.807) is 12.1 Å². The van der Waals surface area contributed by atoms with Gasteiger partial charge in [0.05, 0.1) is 6.10 Å². The smallest absolute Gasteiger partial charge is 0.116 e. The second kappa shape index (κ2) is 4.68. The lowest BCUT2D eigenvalue weighted by Crippen LogP contribution is -2.19. The van der Waals surface area contributed by atoms with Crippen molar-refractivity contribution in [3.05, 3.63) is 29.3 Å². The lowest BCUT2D eigenvalue weighted by Gasteiger charge is -2.16. The number of phenolic OH excluding ortho intramolecular Hbond substituents is 1. The van der Waals surface area contributed by atoms with Crippen molar-refractivity contribution in [3.63, 3.8) is 0 Å². The molecule has 0 saturated heterocycles. The van der Waals surface area contributed by atoms with Gasteiger partial charge in [0.25, 0.3) is 0 Å². The zero-order valence-electron chi connectivity index (χ0n) is 7.88. The molecule has 0 bridgehead atoms. The molecule has 0 aliphatic heterocycles. The Hall–Kier alpha value is -0.710. The van der Waals surface area contributed by atoms with E-state index in [2.05, 4.69) is 12.6 Å². The average Bonchev–Trinajstić information content (AvgIpc) is 2.14. The molecule has 3 N–H and O–H groups in total. The van der Waals surface area contributed by atoms with E-state index in [1.807, 2.05) is 6.92 Å². The Morgan fingerprint density at radius 1 is 1.29 bits per heavy atom. The number of hydrogen-bond acceptors (Lipinski definition) is 4. The van der Waals surface area contributed by atoms with Crippen LogP contribution in [-0.2, 0) is 0 Å². The van der Waals surface area contributed by atoms with Crippen LogP contribution in [0.25, 0.3) is 0 Å². The number of aliphatic hydroxyl groups excluding tert-OH is 2. The van der Waals surface area contributed by atoms with E-state index in [-0.39, 0.29) is 11.5 Å². The van der Waals surface area contributed by atoms with Crippen molar-refractivity contribution in [1.82, 2.24) is 0 Å². The number of benzene rings is 1. The van der Waals surface area contributed by atoms with E-state index >= 15 is 0 Å². The third-order valence-corrected chi connectivity index (χ3v) is 2.35. The van der Waals surface area contributed by atoms with Gasteiger partial charge in [-0.2, -0.15) is 12.6 Å². The number of thiol groups is 1. The molecule has 0 aromatic heterocycles. The normalized spacial score (nSPS) is 15.1. The highest BCUT2D eigenvalue weighted by molar-refractivity contribution is 7.80. The zero-order valence-corrected chi connectivity index (χ0v) is 8.78. The molecule has 0 amide bonds. The first-order valence-electron chi connectivity index (χ1n) is 4.32. The summed E-state index contributed by atoms with van der Waals surface area (Å²) >= 11 is 3.88. The predicted molar refractivity (Wildman–Crippen MR) is 57.7 cm³/mol. The van der Waals surface area contributed by atoms with Crippen molar-refractivity contribution in [3.8, 4) is 5.75 Å². The van der Waals surface area contributed by atoms with Gasteiger partial charge < -0.3 is 15.3 Å². The van der Waals surface area contributed by atoms with Crippen LogP contribution in [0.1, 0.15) is 17.2 Å². The van der Waals surface area contributed by atoms with E-state index in [9.17, 15) is 15.3 Å². The molecule has 2 unspecified atom stereocenters. The van der Waals surface area contributed by atoms with Crippen LogP contribution in [0, 0.1) is 6.92 Å². The van der Waals surface area contributed by atoms with E-state index in [4.69, 9.17) is 0 Å². The summed E-state index contributed by atoms with van der Waals surface area (Å²) in [6.45, 7) is 1.81. The second-order valence-corrected chi connectivity index (χ2v) is 3.66. The lowest BCUT2D eigenvalue weighted by molar-refractivity contribution is 0.0336. The first-order chi connectivity index (χ1) is 6.54. The molecule has 0 radical (unpaired) electrons. The number of phenols is 1. The van der Waals surface area contributed by atoms with E-state index in [0.717, 1.165) is 5.56 Å². The van der Waals surface area contributed by atoms with Gasteiger partial charge in [0.15, 0.2) is 0 Å². The van der Waals surface area contributed by atoms with Gasteiger partial charge in [0.2, 0.25) is 0 Å². The monoisotopic (exact) mass is 214 g/mol. The summed E-state index contributed by atoms with van der Waals surface area (Å²) in [6.07, 6.45) is -1.92. The number of aromatic hydroxyl groups is 1. The summed E-state index contributed by atoms with van der Waals surface area (Å²) in [6, 6.07) is 4.74. The number of hydrogen-bond donors (Lipinski definition) is 4. The van der Waals surface area contributed by atoms with Crippen molar-refractivity contribution < 1.29 is 15.3 Å². The average molecular weight is 214 g/mol. The van der Waals surface area contributed by atoms with Crippen LogP contribution in [0.2, 0.25) is 0 Å². The fourth-order valence-corrected chi connectivity index (χ4v) is 1.48. The standard InChI is InChI=1S/C10H14O3S/c1-6-2-7(4-8(11)3-6)10(13)9(12)5-14/h2-4,9-14H,5H2,1H3. The highest BCUT2D eigenvalue weighted by atomic mass is 32.1. The highest BCUT2D eigenvalue weighted by Gasteiger charge is 2.17. The Kier molecular flexibility index (Phi) is 3.80. The Labute approximate surface area is 88.4 Å². The van der Waals surface area contributed by atoms with Crippen LogP contribution in [0.4, 0.5) is 0 Å². The Morgan fingerprint density at radius 3 is 2.43 bits per heavy atom. The Morgan fingerprint density at radius 2 is 1.93 bits per heavy atom. The summed E-state index contributed by atoms with van der Waals surface area (Å²) < 4.78 is 0. The quantitative estimate of drug-likeness (QED) is 0.568. The molecule has 1 aromatic rings. The minimum absolute atomic E-state index is 0.0883. The van der Waals surface area contributed by atoms with Crippen LogP contribution >= 0.6 is 12.6 Å². The van der Waals surface area contributed by atoms with E-state index < -0.39 is 12.2 Å². The molecular formula is C10H14O3S. The van der Waals surface area contributed by atoms with Crippen LogP contribution in [0.5, 0.6) is 5.75 Å². The first kappa shape index (κ1) is 11.4. The molecule has 0 saturated carbocycles. The maximum absolute atomic E-state index is 9.63. The van der Waals surface area contributed by atoms with E-state index in [0.29, 0.717) is 5.56 Å². The molecule has 14 heavy (non-hydrogen) atoms. The van der Waals surface area contributed by atoms with Gasteiger partial charge in [-0.3, -0.25) is 0 Å². The minimum atomic E-state index is -1.00. The van der Waals surface area contributed by atoms with Gasteiger partial charge in [0, 0.05) is 5.75 Å². The fraction of sp³-hybridized carbons (Fsp3) is 0.400. The van der Waals surface area contributed by atoms with Crippen LogP contribution in [-0.4, -0.2) is 27.2 Å². The third-order valence-electron chi connectivity index (χ3n) is 1.98. The van der Waals surface area contributed by atoms with Gasteiger partial charge in [0.1, 0.15) is 11.9 Å². The van der Waals surface area contributed by atoms with Gasteiger partial charge >= 0.3 is 0 Å². The molecule has 3 nitrogen and oxygen atoms in total. The largest absolute Gasteiger partial charge is 0.508 e. The number of rotatable bonds is 3. The van der Waals surface area contributed by atoms with Crippen molar-refractivity contribution in [1.29, 1.82) is 0 Å². The molecule has 0 aliphatic carbocycles. The molecule has 78 valence electrons. The molecule has 0 spiro atoms. The maximum Gasteiger partial charge on any atom is 0.116 e. The zero-order chi connectivity index (χ0) is 10.7. The van der Waals surface area contributed by atoms with Gasteiger partial charge in [-0.15, -0.1) is 0 Å². The Balaban J connectivity index is 2.94. The van der Waals surface area contributed by atoms with E-state index in [1.165, 1.54) is 6.07 Å². The summed E-state index contributed by atoms with van der Waals surface area (Å²) in [4.78, 5) is 0. The molecule has 0 aliphatic rings. The molecule has 1 rings (SSSR count). The summed E-state index contributed by atoms with van der Waals surface area (Å²) in [5, 5.41) is 28.3. The molecule has 0 heterocycles. The van der Waals surface area contributed by atoms with Gasteiger partial charge in [-0.05, 0) is 30.2 Å². The summed E-state index contributed by atoms with van der Waals surface area (Å²) in [5.74, 6) is 0.265. The van der Waals surface area contributed by atoms with Gasteiger partial charge in [-0.1, -0.05) is 6.07 Å².